The number of allylic oxidation sites excluding steroid dienone is 2. The highest BCUT2D eigenvalue weighted by molar-refractivity contribution is 6.78. The van der Waals surface area contributed by atoms with E-state index in [1.54, 1.807) is 0 Å². The fourth-order valence-electron chi connectivity index (χ4n) is 2.80. The molecular weight excluding hydrogens is 148 g/mol. The van der Waals surface area contributed by atoms with Crippen molar-refractivity contribution >= 4 is 8.07 Å². The molecule has 0 nitrogen and oxygen atoms in total. The van der Waals surface area contributed by atoms with Crippen LogP contribution in [0, 0.1) is 11.8 Å². The fourth-order valence-corrected chi connectivity index (χ4v) is 5.87. The second-order valence-electron chi connectivity index (χ2n) is 5.14. The molecular formula is C10H18Si. The lowest BCUT2D eigenvalue weighted by molar-refractivity contribution is 0.681. The zero-order valence-electron chi connectivity index (χ0n) is 7.80. The summed E-state index contributed by atoms with van der Waals surface area (Å²) in [6, 6.07) is 0. The summed E-state index contributed by atoms with van der Waals surface area (Å²) in [4.78, 5) is 0. The maximum atomic E-state index is 2.52. The van der Waals surface area contributed by atoms with E-state index < -0.39 is 8.07 Å². The topological polar surface area (TPSA) is 0 Å². The van der Waals surface area contributed by atoms with Crippen LogP contribution in [0.3, 0.4) is 0 Å². The Morgan fingerprint density at radius 3 is 2.45 bits per heavy atom. The normalized spacial score (nSPS) is 41.9. The van der Waals surface area contributed by atoms with Crippen molar-refractivity contribution in [2.45, 2.75) is 38.0 Å². The van der Waals surface area contributed by atoms with Gasteiger partial charge >= 0.3 is 0 Å². The molecule has 2 aliphatic carbocycles. The number of hydrogen-bond acceptors (Lipinski definition) is 0. The van der Waals surface area contributed by atoms with Crippen molar-refractivity contribution in [3.8, 4) is 0 Å². The predicted molar refractivity (Wildman–Crippen MR) is 52.5 cm³/mol. The molecule has 0 spiro atoms. The van der Waals surface area contributed by atoms with Crippen LogP contribution >= 0.6 is 0 Å². The SMILES string of the molecule is C[Si](C)(C)[C@@H]1[C@H]2C=CCC[C@H]21. The highest BCUT2D eigenvalue weighted by atomic mass is 28.3. The third-order valence-corrected chi connectivity index (χ3v) is 6.07. The van der Waals surface area contributed by atoms with E-state index in [1.807, 2.05) is 0 Å². The third-order valence-electron chi connectivity index (χ3n) is 3.25. The lowest BCUT2D eigenvalue weighted by Crippen LogP contribution is -2.21. The third kappa shape index (κ3) is 1.20. The smallest absolute Gasteiger partial charge is 0.0483 e. The first-order chi connectivity index (χ1) is 5.11. The van der Waals surface area contributed by atoms with E-state index in [4.69, 9.17) is 0 Å². The minimum Gasteiger partial charge on any atom is -0.0882 e. The molecule has 0 unspecified atom stereocenters. The Bertz CT molecular complexity index is 188. The summed E-state index contributed by atoms with van der Waals surface area (Å²) < 4.78 is 0. The molecule has 1 heteroatoms. The predicted octanol–water partition coefficient (Wildman–Crippen LogP) is 3.29. The lowest BCUT2D eigenvalue weighted by atomic mass is 10.1. The first-order valence-corrected chi connectivity index (χ1v) is 8.35. The van der Waals surface area contributed by atoms with E-state index in [0.29, 0.717) is 0 Å². The zero-order chi connectivity index (χ0) is 8.06. The summed E-state index contributed by atoms with van der Waals surface area (Å²) in [6.45, 7) is 7.55. The standard InChI is InChI=1S/C10H18Si/c1-11(2,3)10-8-6-4-5-7-9(8)10/h4,6,8-10H,5,7H2,1-3H3/t8-,9+,10+/m0/s1. The minimum atomic E-state index is -0.803. The summed E-state index contributed by atoms with van der Waals surface area (Å²) >= 11 is 0. The molecule has 0 bridgehead atoms. The molecule has 62 valence electrons. The Morgan fingerprint density at radius 2 is 2.00 bits per heavy atom. The molecule has 0 aromatic rings. The van der Waals surface area contributed by atoms with Gasteiger partial charge in [0, 0.05) is 8.07 Å². The molecule has 1 saturated carbocycles. The Balaban J connectivity index is 2.08. The van der Waals surface area contributed by atoms with Crippen molar-refractivity contribution < 1.29 is 0 Å². The molecule has 0 aliphatic heterocycles. The van der Waals surface area contributed by atoms with E-state index >= 15 is 0 Å². The van der Waals surface area contributed by atoms with Crippen molar-refractivity contribution in [1.29, 1.82) is 0 Å². The Kier molecular flexibility index (Phi) is 1.54. The van der Waals surface area contributed by atoms with Gasteiger partial charge < -0.3 is 0 Å². The van der Waals surface area contributed by atoms with Crippen LogP contribution in [0.25, 0.3) is 0 Å². The van der Waals surface area contributed by atoms with Crippen LogP contribution in [0.4, 0.5) is 0 Å². The summed E-state index contributed by atoms with van der Waals surface area (Å²) in [7, 11) is -0.803. The van der Waals surface area contributed by atoms with Crippen molar-refractivity contribution in [1.82, 2.24) is 0 Å². The maximum absolute atomic E-state index is 2.52. The molecule has 0 aromatic heterocycles. The molecule has 0 aromatic carbocycles. The van der Waals surface area contributed by atoms with Gasteiger partial charge in [0.1, 0.15) is 0 Å². The Labute approximate surface area is 70.7 Å². The van der Waals surface area contributed by atoms with Gasteiger partial charge in [0.15, 0.2) is 0 Å². The molecule has 3 atom stereocenters. The van der Waals surface area contributed by atoms with Gasteiger partial charge in [-0.3, -0.25) is 0 Å². The number of fused-ring (bicyclic) bond motifs is 1. The average molecular weight is 166 g/mol. The van der Waals surface area contributed by atoms with E-state index in [2.05, 4.69) is 31.8 Å². The molecule has 2 aliphatic rings. The quantitative estimate of drug-likeness (QED) is 0.414. The summed E-state index contributed by atoms with van der Waals surface area (Å²) in [5.41, 5.74) is 1.13. The molecule has 11 heavy (non-hydrogen) atoms. The van der Waals surface area contributed by atoms with Crippen LogP contribution in [0.5, 0.6) is 0 Å². The van der Waals surface area contributed by atoms with Gasteiger partial charge in [-0.1, -0.05) is 31.8 Å². The first kappa shape index (κ1) is 7.60. The second kappa shape index (κ2) is 2.22. The van der Waals surface area contributed by atoms with E-state index in [-0.39, 0.29) is 0 Å². The lowest BCUT2D eigenvalue weighted by Gasteiger charge is -2.15. The van der Waals surface area contributed by atoms with E-state index in [9.17, 15) is 0 Å². The van der Waals surface area contributed by atoms with Crippen molar-refractivity contribution in [2.24, 2.45) is 11.8 Å². The van der Waals surface area contributed by atoms with Crippen molar-refractivity contribution in [3.63, 3.8) is 0 Å². The van der Waals surface area contributed by atoms with E-state index in [1.165, 1.54) is 12.8 Å². The molecule has 0 saturated heterocycles. The molecule has 0 amide bonds. The van der Waals surface area contributed by atoms with Crippen molar-refractivity contribution in [3.05, 3.63) is 12.2 Å². The molecule has 0 N–H and O–H groups in total. The molecule has 0 heterocycles. The molecule has 0 radical (unpaired) electrons. The van der Waals surface area contributed by atoms with Gasteiger partial charge in [0.25, 0.3) is 0 Å². The van der Waals surface area contributed by atoms with Gasteiger partial charge in [0.05, 0.1) is 0 Å². The van der Waals surface area contributed by atoms with Crippen LogP contribution in [-0.4, -0.2) is 8.07 Å². The van der Waals surface area contributed by atoms with Gasteiger partial charge in [-0.15, -0.1) is 0 Å². The van der Waals surface area contributed by atoms with E-state index in [0.717, 1.165) is 17.4 Å². The van der Waals surface area contributed by atoms with Crippen molar-refractivity contribution in [2.75, 3.05) is 0 Å². The van der Waals surface area contributed by atoms with Crippen LogP contribution in [0.1, 0.15) is 12.8 Å². The van der Waals surface area contributed by atoms with Crippen LogP contribution in [0.15, 0.2) is 12.2 Å². The monoisotopic (exact) mass is 166 g/mol. The van der Waals surface area contributed by atoms with Gasteiger partial charge in [-0.2, -0.15) is 0 Å². The molecule has 1 fully saturated rings. The fraction of sp³-hybridized carbons (Fsp3) is 0.800. The summed E-state index contributed by atoms with van der Waals surface area (Å²) in [5.74, 6) is 2.11. The minimum absolute atomic E-state index is 0.803. The first-order valence-electron chi connectivity index (χ1n) is 4.77. The van der Waals surface area contributed by atoms with Crippen LogP contribution in [0.2, 0.25) is 25.2 Å². The van der Waals surface area contributed by atoms with Crippen LogP contribution < -0.4 is 0 Å². The zero-order valence-corrected chi connectivity index (χ0v) is 8.80. The molecule has 2 rings (SSSR count). The van der Waals surface area contributed by atoms with Gasteiger partial charge in [-0.25, -0.2) is 0 Å². The highest BCUT2D eigenvalue weighted by Gasteiger charge is 2.54. The number of hydrogen-bond donors (Lipinski definition) is 0. The van der Waals surface area contributed by atoms with Crippen LogP contribution in [-0.2, 0) is 0 Å². The maximum Gasteiger partial charge on any atom is 0.0483 e. The average Bonchev–Trinajstić information content (AvgIpc) is 2.58. The summed E-state index contributed by atoms with van der Waals surface area (Å²) in [6.07, 6.45) is 7.70. The highest BCUT2D eigenvalue weighted by Crippen LogP contribution is 2.62. The number of rotatable bonds is 1. The largest absolute Gasteiger partial charge is 0.0882 e. The van der Waals surface area contributed by atoms with Gasteiger partial charge in [0.2, 0.25) is 0 Å². The summed E-state index contributed by atoms with van der Waals surface area (Å²) in [5, 5.41) is 0. The second-order valence-corrected chi connectivity index (χ2v) is 10.5. The van der Waals surface area contributed by atoms with Gasteiger partial charge in [-0.05, 0) is 30.2 Å². The Hall–Kier alpha value is -0.0431. The Morgan fingerprint density at radius 1 is 1.27 bits per heavy atom.